The number of nitrogens with zero attached hydrogens (tertiary/aromatic N) is 2. The van der Waals surface area contributed by atoms with Gasteiger partial charge in [0, 0.05) is 19.3 Å². The molecule has 1 amide bonds. The number of carbonyl (C=O) groups is 1. The normalized spacial score (nSPS) is 10.7. The van der Waals surface area contributed by atoms with Gasteiger partial charge in [-0.1, -0.05) is 13.3 Å². The van der Waals surface area contributed by atoms with Gasteiger partial charge in [0.1, 0.15) is 0 Å². The van der Waals surface area contributed by atoms with Gasteiger partial charge >= 0.3 is 0 Å². The Labute approximate surface area is 117 Å². The molecule has 2 heterocycles. The molecular weight excluding hydrogens is 256 g/mol. The maximum atomic E-state index is 11.6. The number of ether oxygens (including phenoxy) is 1. The molecule has 0 aliphatic carbocycles. The summed E-state index contributed by atoms with van der Waals surface area (Å²) >= 11 is 0. The van der Waals surface area contributed by atoms with Crippen molar-refractivity contribution in [3.05, 3.63) is 30.2 Å². The van der Waals surface area contributed by atoms with Gasteiger partial charge in [0.15, 0.2) is 18.0 Å². The molecular formula is C14H20N4O2. The summed E-state index contributed by atoms with van der Waals surface area (Å²) < 4.78 is 7.40. The lowest BCUT2D eigenvalue weighted by molar-refractivity contribution is -0.123. The molecule has 2 aromatic rings. The minimum Gasteiger partial charge on any atom is -0.480 e. The van der Waals surface area contributed by atoms with Crippen LogP contribution in [-0.2, 0) is 11.3 Å². The van der Waals surface area contributed by atoms with E-state index in [1.807, 2.05) is 16.7 Å². The molecule has 0 bridgehead atoms. The molecule has 3 N–H and O–H groups in total. The third kappa shape index (κ3) is 3.27. The fourth-order valence-electron chi connectivity index (χ4n) is 1.90. The van der Waals surface area contributed by atoms with Crippen LogP contribution in [0.5, 0.6) is 5.75 Å². The molecule has 0 aliphatic heterocycles. The van der Waals surface area contributed by atoms with Crippen LogP contribution >= 0.6 is 0 Å². The van der Waals surface area contributed by atoms with Crippen LogP contribution in [0.2, 0.25) is 0 Å². The van der Waals surface area contributed by atoms with E-state index in [2.05, 4.69) is 17.2 Å². The summed E-state index contributed by atoms with van der Waals surface area (Å²) in [6.07, 6.45) is 5.61. The topological polar surface area (TPSA) is 81.6 Å². The first kappa shape index (κ1) is 14.3. The van der Waals surface area contributed by atoms with Gasteiger partial charge in [-0.25, -0.2) is 4.98 Å². The standard InChI is InChI=1S/C14H20N4O2/c1-2-3-6-16-13(19)10-20-12-5-4-7-18-11(8-15)9-17-14(12)18/h4-5,7,9H,2-3,6,8,10,15H2,1H3,(H,16,19). The maximum Gasteiger partial charge on any atom is 0.257 e. The van der Waals surface area contributed by atoms with E-state index in [4.69, 9.17) is 10.5 Å². The number of pyridine rings is 1. The lowest BCUT2D eigenvalue weighted by Crippen LogP contribution is -2.29. The van der Waals surface area contributed by atoms with Gasteiger partial charge in [-0.2, -0.15) is 0 Å². The fraction of sp³-hybridized carbons (Fsp3) is 0.429. The Hall–Kier alpha value is -2.08. The number of rotatable bonds is 7. The number of hydrogen-bond donors (Lipinski definition) is 2. The van der Waals surface area contributed by atoms with Crippen molar-refractivity contribution in [2.45, 2.75) is 26.3 Å². The number of carbonyl (C=O) groups excluding carboxylic acids is 1. The molecule has 0 saturated heterocycles. The van der Waals surface area contributed by atoms with Crippen LogP contribution in [0.25, 0.3) is 5.65 Å². The van der Waals surface area contributed by atoms with Crippen molar-refractivity contribution in [2.24, 2.45) is 5.73 Å². The third-order valence-electron chi connectivity index (χ3n) is 3.00. The summed E-state index contributed by atoms with van der Waals surface area (Å²) in [6, 6.07) is 3.64. The SMILES string of the molecule is CCCCNC(=O)COc1cccn2c(CN)cnc12. The number of amides is 1. The smallest absolute Gasteiger partial charge is 0.257 e. The number of aromatic nitrogens is 2. The first-order chi connectivity index (χ1) is 9.76. The molecule has 0 fully saturated rings. The highest BCUT2D eigenvalue weighted by atomic mass is 16.5. The molecule has 20 heavy (non-hydrogen) atoms. The molecule has 0 atom stereocenters. The Morgan fingerprint density at radius 1 is 1.55 bits per heavy atom. The summed E-state index contributed by atoms with van der Waals surface area (Å²) in [6.45, 7) is 3.16. The Morgan fingerprint density at radius 3 is 3.15 bits per heavy atom. The van der Waals surface area contributed by atoms with Gasteiger partial charge in [0.25, 0.3) is 5.91 Å². The summed E-state index contributed by atoms with van der Waals surface area (Å²) in [5.41, 5.74) is 7.21. The van der Waals surface area contributed by atoms with E-state index >= 15 is 0 Å². The second kappa shape index (κ2) is 6.91. The maximum absolute atomic E-state index is 11.6. The Bertz CT molecular complexity index is 580. The third-order valence-corrected chi connectivity index (χ3v) is 3.00. The van der Waals surface area contributed by atoms with E-state index in [9.17, 15) is 4.79 Å². The average Bonchev–Trinajstić information content (AvgIpc) is 2.89. The van der Waals surface area contributed by atoms with E-state index in [-0.39, 0.29) is 12.5 Å². The zero-order chi connectivity index (χ0) is 14.4. The van der Waals surface area contributed by atoms with Crippen LogP contribution < -0.4 is 15.8 Å². The second-order valence-corrected chi connectivity index (χ2v) is 4.51. The number of nitrogens with two attached hydrogens (primary N) is 1. The van der Waals surface area contributed by atoms with Gasteiger partial charge in [0.05, 0.1) is 11.9 Å². The quantitative estimate of drug-likeness (QED) is 0.742. The average molecular weight is 276 g/mol. The van der Waals surface area contributed by atoms with E-state index in [0.717, 1.165) is 18.5 Å². The van der Waals surface area contributed by atoms with Crippen LogP contribution in [0.4, 0.5) is 0 Å². The lowest BCUT2D eigenvalue weighted by atomic mass is 10.3. The van der Waals surface area contributed by atoms with Crippen molar-refractivity contribution in [2.75, 3.05) is 13.2 Å². The minimum absolute atomic E-state index is 0.00575. The van der Waals surface area contributed by atoms with Gasteiger partial charge in [-0.05, 0) is 18.6 Å². The Balaban J connectivity index is 1.99. The van der Waals surface area contributed by atoms with E-state index < -0.39 is 0 Å². The summed E-state index contributed by atoms with van der Waals surface area (Å²) in [4.78, 5) is 15.9. The highest BCUT2D eigenvalue weighted by Crippen LogP contribution is 2.19. The van der Waals surface area contributed by atoms with Crippen molar-refractivity contribution in [3.8, 4) is 5.75 Å². The van der Waals surface area contributed by atoms with Crippen LogP contribution in [0.1, 0.15) is 25.5 Å². The first-order valence-corrected chi connectivity index (χ1v) is 6.80. The monoisotopic (exact) mass is 276 g/mol. The molecule has 2 aromatic heterocycles. The molecule has 6 heteroatoms. The van der Waals surface area contributed by atoms with Crippen LogP contribution in [0.15, 0.2) is 24.5 Å². The molecule has 0 aliphatic rings. The number of fused-ring (bicyclic) bond motifs is 1. The van der Waals surface area contributed by atoms with Crippen molar-refractivity contribution in [1.82, 2.24) is 14.7 Å². The van der Waals surface area contributed by atoms with Gasteiger partial charge in [-0.3, -0.25) is 9.20 Å². The summed E-state index contributed by atoms with van der Waals surface area (Å²) in [5.74, 6) is 0.462. The van der Waals surface area contributed by atoms with E-state index in [0.29, 0.717) is 24.5 Å². The number of unbranched alkanes of at least 4 members (excludes halogenated alkanes) is 1. The molecule has 108 valence electrons. The fourth-order valence-corrected chi connectivity index (χ4v) is 1.90. The van der Waals surface area contributed by atoms with Crippen molar-refractivity contribution >= 4 is 11.6 Å². The van der Waals surface area contributed by atoms with Crippen molar-refractivity contribution in [1.29, 1.82) is 0 Å². The molecule has 6 nitrogen and oxygen atoms in total. The predicted molar refractivity (Wildman–Crippen MR) is 76.5 cm³/mol. The van der Waals surface area contributed by atoms with Gasteiger partial charge < -0.3 is 15.8 Å². The molecule has 2 rings (SSSR count). The zero-order valence-corrected chi connectivity index (χ0v) is 11.6. The highest BCUT2D eigenvalue weighted by Gasteiger charge is 2.09. The molecule has 0 aromatic carbocycles. The summed E-state index contributed by atoms with van der Waals surface area (Å²) in [7, 11) is 0. The van der Waals surface area contributed by atoms with Gasteiger partial charge in [0.2, 0.25) is 0 Å². The Kier molecular flexibility index (Phi) is 4.95. The molecule has 0 unspecified atom stereocenters. The van der Waals surface area contributed by atoms with E-state index in [1.54, 1.807) is 12.3 Å². The number of nitrogens with one attached hydrogen (secondary N) is 1. The zero-order valence-electron chi connectivity index (χ0n) is 11.6. The molecule has 0 radical (unpaired) electrons. The predicted octanol–water partition coefficient (Wildman–Crippen LogP) is 1.09. The van der Waals surface area contributed by atoms with Gasteiger partial charge in [-0.15, -0.1) is 0 Å². The largest absolute Gasteiger partial charge is 0.480 e. The second-order valence-electron chi connectivity index (χ2n) is 4.51. The highest BCUT2D eigenvalue weighted by molar-refractivity contribution is 5.77. The van der Waals surface area contributed by atoms with Crippen LogP contribution in [0, 0.1) is 0 Å². The van der Waals surface area contributed by atoms with Crippen molar-refractivity contribution in [3.63, 3.8) is 0 Å². The van der Waals surface area contributed by atoms with Crippen molar-refractivity contribution < 1.29 is 9.53 Å². The Morgan fingerprint density at radius 2 is 2.40 bits per heavy atom. The molecule has 0 spiro atoms. The number of imidazole rings is 1. The summed E-state index contributed by atoms with van der Waals surface area (Å²) in [5, 5.41) is 2.81. The van der Waals surface area contributed by atoms with Crippen LogP contribution in [-0.4, -0.2) is 28.4 Å². The number of hydrogen-bond acceptors (Lipinski definition) is 4. The minimum atomic E-state index is -0.119. The molecule has 0 saturated carbocycles. The lowest BCUT2D eigenvalue weighted by Gasteiger charge is -2.08. The first-order valence-electron chi connectivity index (χ1n) is 6.80. The van der Waals surface area contributed by atoms with Crippen LogP contribution in [0.3, 0.4) is 0 Å². The van der Waals surface area contributed by atoms with E-state index in [1.165, 1.54) is 0 Å².